The van der Waals surface area contributed by atoms with Gasteiger partial charge in [0.15, 0.2) is 11.6 Å². The molecule has 0 fully saturated rings. The maximum Gasteiger partial charge on any atom is 0.167 e. The molecule has 2 aromatic rings. The molecular formula is C17H20FNO2. The Bertz CT molecular complexity index is 609. The molecular weight excluding hydrogens is 269 g/mol. The van der Waals surface area contributed by atoms with Gasteiger partial charge in [0, 0.05) is 11.8 Å². The molecule has 0 amide bonds. The molecule has 0 saturated carbocycles. The van der Waals surface area contributed by atoms with Crippen LogP contribution >= 0.6 is 0 Å². The summed E-state index contributed by atoms with van der Waals surface area (Å²) >= 11 is 0. The second-order valence-electron chi connectivity index (χ2n) is 5.33. The van der Waals surface area contributed by atoms with Crippen LogP contribution in [0.5, 0.6) is 11.5 Å². The molecule has 1 N–H and O–H groups in total. The Hall–Kier alpha value is -2.23. The molecule has 0 aliphatic heterocycles. The van der Waals surface area contributed by atoms with Crippen LogP contribution in [0, 0.1) is 5.82 Å². The molecule has 2 rings (SSSR count). The summed E-state index contributed by atoms with van der Waals surface area (Å²) in [7, 11) is 3.09. The number of nitrogens with one attached hydrogen (secondary N) is 1. The van der Waals surface area contributed by atoms with Crippen molar-refractivity contribution in [2.75, 3.05) is 19.5 Å². The van der Waals surface area contributed by atoms with Crippen LogP contribution in [-0.2, 0) is 5.54 Å². The Morgan fingerprint density at radius 3 is 2.14 bits per heavy atom. The van der Waals surface area contributed by atoms with E-state index in [1.807, 2.05) is 38.1 Å². The van der Waals surface area contributed by atoms with E-state index in [1.54, 1.807) is 19.2 Å². The van der Waals surface area contributed by atoms with E-state index in [-0.39, 0.29) is 17.1 Å². The number of ether oxygens (including phenoxy) is 2. The van der Waals surface area contributed by atoms with Crippen LogP contribution in [0.4, 0.5) is 10.1 Å². The van der Waals surface area contributed by atoms with Crippen molar-refractivity contribution in [2.24, 2.45) is 0 Å². The van der Waals surface area contributed by atoms with E-state index < -0.39 is 0 Å². The van der Waals surface area contributed by atoms with Gasteiger partial charge in [-0.2, -0.15) is 0 Å². The fourth-order valence-electron chi connectivity index (χ4n) is 2.18. The molecule has 0 spiro atoms. The van der Waals surface area contributed by atoms with Crippen LogP contribution in [-0.4, -0.2) is 14.2 Å². The number of anilines is 1. The first-order chi connectivity index (χ1) is 9.96. The molecule has 2 aromatic carbocycles. The van der Waals surface area contributed by atoms with Crippen LogP contribution in [0.3, 0.4) is 0 Å². The summed E-state index contributed by atoms with van der Waals surface area (Å²) in [6, 6.07) is 12.7. The van der Waals surface area contributed by atoms with Gasteiger partial charge in [0.1, 0.15) is 5.75 Å². The Balaban J connectivity index is 2.21. The Morgan fingerprint density at radius 2 is 1.62 bits per heavy atom. The zero-order valence-electron chi connectivity index (χ0n) is 12.7. The SMILES string of the molecule is COc1ccc(C(C)(C)Nc2ccc(OC)c(F)c2)cc1. The minimum absolute atomic E-state index is 0.239. The lowest BCUT2D eigenvalue weighted by Gasteiger charge is -2.28. The van der Waals surface area contributed by atoms with E-state index in [4.69, 9.17) is 9.47 Å². The zero-order chi connectivity index (χ0) is 15.5. The van der Waals surface area contributed by atoms with Crippen LogP contribution in [0.2, 0.25) is 0 Å². The van der Waals surface area contributed by atoms with Gasteiger partial charge in [-0.15, -0.1) is 0 Å². The minimum atomic E-state index is -0.381. The third-order valence-electron chi connectivity index (χ3n) is 3.42. The predicted molar refractivity (Wildman–Crippen MR) is 82.6 cm³/mol. The number of halogens is 1. The smallest absolute Gasteiger partial charge is 0.167 e. The Labute approximate surface area is 124 Å². The van der Waals surface area contributed by atoms with Gasteiger partial charge >= 0.3 is 0 Å². The highest BCUT2D eigenvalue weighted by Crippen LogP contribution is 2.29. The minimum Gasteiger partial charge on any atom is -0.497 e. The average Bonchev–Trinajstić information content (AvgIpc) is 2.47. The maximum absolute atomic E-state index is 13.7. The lowest BCUT2D eigenvalue weighted by Crippen LogP contribution is -2.27. The molecule has 0 aliphatic carbocycles. The molecule has 0 aliphatic rings. The van der Waals surface area contributed by atoms with E-state index in [9.17, 15) is 4.39 Å². The largest absolute Gasteiger partial charge is 0.497 e. The van der Waals surface area contributed by atoms with Crippen molar-refractivity contribution < 1.29 is 13.9 Å². The highest BCUT2D eigenvalue weighted by Gasteiger charge is 2.20. The second kappa shape index (κ2) is 6.04. The van der Waals surface area contributed by atoms with E-state index in [2.05, 4.69) is 5.32 Å². The molecule has 0 atom stereocenters. The van der Waals surface area contributed by atoms with Crippen LogP contribution in [0.1, 0.15) is 19.4 Å². The van der Waals surface area contributed by atoms with Crippen LogP contribution < -0.4 is 14.8 Å². The highest BCUT2D eigenvalue weighted by molar-refractivity contribution is 5.50. The summed E-state index contributed by atoms with van der Waals surface area (Å²) in [6.07, 6.45) is 0. The summed E-state index contributed by atoms with van der Waals surface area (Å²) in [5.41, 5.74) is 1.45. The maximum atomic E-state index is 13.7. The quantitative estimate of drug-likeness (QED) is 0.895. The molecule has 112 valence electrons. The van der Waals surface area contributed by atoms with Crippen molar-refractivity contribution in [3.63, 3.8) is 0 Å². The van der Waals surface area contributed by atoms with Crippen molar-refractivity contribution in [2.45, 2.75) is 19.4 Å². The molecule has 0 unspecified atom stereocenters. The zero-order valence-corrected chi connectivity index (χ0v) is 12.7. The summed E-state index contributed by atoms with van der Waals surface area (Å²) in [6.45, 7) is 4.08. The molecule has 3 nitrogen and oxygen atoms in total. The monoisotopic (exact) mass is 289 g/mol. The van der Waals surface area contributed by atoms with Crippen LogP contribution in [0.15, 0.2) is 42.5 Å². The normalized spacial score (nSPS) is 11.1. The summed E-state index contributed by atoms with van der Waals surface area (Å²) in [5.74, 6) is 0.667. The van der Waals surface area contributed by atoms with E-state index >= 15 is 0 Å². The summed E-state index contributed by atoms with van der Waals surface area (Å²) in [4.78, 5) is 0. The molecule has 4 heteroatoms. The van der Waals surface area contributed by atoms with E-state index in [0.29, 0.717) is 5.69 Å². The molecule has 0 heterocycles. The number of hydrogen-bond donors (Lipinski definition) is 1. The van der Waals surface area contributed by atoms with Gasteiger partial charge in [-0.25, -0.2) is 4.39 Å². The average molecular weight is 289 g/mol. The number of hydrogen-bond acceptors (Lipinski definition) is 3. The molecule has 21 heavy (non-hydrogen) atoms. The number of rotatable bonds is 5. The van der Waals surface area contributed by atoms with Crippen molar-refractivity contribution in [1.29, 1.82) is 0 Å². The molecule has 0 saturated heterocycles. The van der Waals surface area contributed by atoms with E-state index in [0.717, 1.165) is 11.3 Å². The third-order valence-corrected chi connectivity index (χ3v) is 3.42. The van der Waals surface area contributed by atoms with Crippen molar-refractivity contribution >= 4 is 5.69 Å². The number of methoxy groups -OCH3 is 2. The highest BCUT2D eigenvalue weighted by atomic mass is 19.1. The Morgan fingerprint density at radius 1 is 0.952 bits per heavy atom. The van der Waals surface area contributed by atoms with Crippen molar-refractivity contribution in [1.82, 2.24) is 0 Å². The van der Waals surface area contributed by atoms with E-state index in [1.165, 1.54) is 13.2 Å². The summed E-state index contributed by atoms with van der Waals surface area (Å²) in [5, 5.41) is 3.33. The van der Waals surface area contributed by atoms with Crippen molar-refractivity contribution in [3.05, 3.63) is 53.8 Å². The first kappa shape index (κ1) is 15.2. The lowest BCUT2D eigenvalue weighted by molar-refractivity contribution is 0.386. The molecule has 0 bridgehead atoms. The molecule has 0 aromatic heterocycles. The van der Waals surface area contributed by atoms with Gasteiger partial charge in [0.2, 0.25) is 0 Å². The van der Waals surface area contributed by atoms with Gasteiger partial charge in [-0.05, 0) is 43.7 Å². The Kier molecular flexibility index (Phi) is 4.36. The fourth-order valence-corrected chi connectivity index (χ4v) is 2.18. The standard InChI is InChI=1S/C17H20FNO2/c1-17(2,12-5-8-14(20-3)9-6-12)19-13-7-10-16(21-4)15(18)11-13/h5-11,19H,1-4H3. The first-order valence-electron chi connectivity index (χ1n) is 6.72. The van der Waals surface area contributed by atoms with Crippen molar-refractivity contribution in [3.8, 4) is 11.5 Å². The second-order valence-corrected chi connectivity index (χ2v) is 5.33. The third kappa shape index (κ3) is 3.45. The first-order valence-corrected chi connectivity index (χ1v) is 6.72. The van der Waals surface area contributed by atoms with Gasteiger partial charge in [0.25, 0.3) is 0 Å². The molecule has 0 radical (unpaired) electrons. The topological polar surface area (TPSA) is 30.5 Å². The van der Waals surface area contributed by atoms with Gasteiger partial charge < -0.3 is 14.8 Å². The van der Waals surface area contributed by atoms with Gasteiger partial charge in [-0.1, -0.05) is 12.1 Å². The summed E-state index contributed by atoms with van der Waals surface area (Å²) < 4.78 is 23.8. The van der Waals surface area contributed by atoms with Gasteiger partial charge in [0.05, 0.1) is 19.8 Å². The van der Waals surface area contributed by atoms with Crippen LogP contribution in [0.25, 0.3) is 0 Å². The lowest BCUT2D eigenvalue weighted by atomic mass is 9.94. The predicted octanol–water partition coefficient (Wildman–Crippen LogP) is 4.19. The number of benzene rings is 2. The fraction of sp³-hybridized carbons (Fsp3) is 0.294. The van der Waals surface area contributed by atoms with Gasteiger partial charge in [-0.3, -0.25) is 0 Å².